The van der Waals surface area contributed by atoms with Crippen LogP contribution in [0.1, 0.15) is 38.8 Å². The number of carbonyl (C=O) groups is 2. The zero-order valence-electron chi connectivity index (χ0n) is 17.7. The summed E-state index contributed by atoms with van der Waals surface area (Å²) in [6, 6.07) is 13.4. The highest BCUT2D eigenvalue weighted by Crippen LogP contribution is 2.18. The standard InChI is InChI=1S/C23H28BrFN2O2S/c1-16(22(29)26-23(2,3)4)27(13-17-5-9-19(24)10-6-17)21(28)15-30-14-18-7-11-20(25)12-8-18/h5-12,16H,13-15H2,1-4H3,(H,26,29)/t16-/m0/s1. The fourth-order valence-electron chi connectivity index (χ4n) is 2.76. The number of rotatable bonds is 8. The lowest BCUT2D eigenvalue weighted by molar-refractivity contribution is -0.139. The molecule has 0 heterocycles. The molecule has 0 saturated heterocycles. The van der Waals surface area contributed by atoms with E-state index in [9.17, 15) is 14.0 Å². The highest BCUT2D eigenvalue weighted by atomic mass is 79.9. The molecular formula is C23H28BrFN2O2S. The van der Waals surface area contributed by atoms with Crippen LogP contribution in [0, 0.1) is 5.82 Å². The molecule has 1 atom stereocenters. The minimum atomic E-state index is -0.605. The van der Waals surface area contributed by atoms with Crippen LogP contribution >= 0.6 is 27.7 Å². The number of hydrogen-bond acceptors (Lipinski definition) is 3. The summed E-state index contributed by atoms with van der Waals surface area (Å²) >= 11 is 4.87. The van der Waals surface area contributed by atoms with E-state index < -0.39 is 6.04 Å². The number of hydrogen-bond donors (Lipinski definition) is 1. The summed E-state index contributed by atoms with van der Waals surface area (Å²) in [5.74, 6) is 0.263. The molecule has 0 aliphatic rings. The van der Waals surface area contributed by atoms with E-state index in [4.69, 9.17) is 0 Å². The van der Waals surface area contributed by atoms with Crippen molar-refractivity contribution in [3.05, 3.63) is 69.9 Å². The molecule has 0 spiro atoms. The molecule has 0 aliphatic heterocycles. The van der Waals surface area contributed by atoms with Crippen molar-refractivity contribution >= 4 is 39.5 Å². The zero-order valence-corrected chi connectivity index (χ0v) is 20.1. The lowest BCUT2D eigenvalue weighted by Crippen LogP contribution is -2.52. The van der Waals surface area contributed by atoms with E-state index >= 15 is 0 Å². The molecule has 0 aromatic heterocycles. The Hall–Kier alpha value is -1.86. The maximum atomic E-state index is 13.0. The first-order valence-electron chi connectivity index (χ1n) is 9.73. The van der Waals surface area contributed by atoms with Crippen molar-refractivity contribution < 1.29 is 14.0 Å². The van der Waals surface area contributed by atoms with E-state index in [0.717, 1.165) is 15.6 Å². The van der Waals surface area contributed by atoms with Crippen LogP contribution in [0.25, 0.3) is 0 Å². The summed E-state index contributed by atoms with van der Waals surface area (Å²) in [5, 5.41) is 2.95. The molecule has 0 bridgehead atoms. The van der Waals surface area contributed by atoms with Gasteiger partial charge in [-0.1, -0.05) is 40.2 Å². The topological polar surface area (TPSA) is 49.4 Å². The highest BCUT2D eigenvalue weighted by Gasteiger charge is 2.28. The van der Waals surface area contributed by atoms with E-state index in [0.29, 0.717) is 12.3 Å². The molecule has 4 nitrogen and oxygen atoms in total. The second-order valence-electron chi connectivity index (χ2n) is 8.18. The number of amides is 2. The Morgan fingerprint density at radius 3 is 2.20 bits per heavy atom. The molecular weight excluding hydrogens is 467 g/mol. The fourth-order valence-corrected chi connectivity index (χ4v) is 3.90. The van der Waals surface area contributed by atoms with Crippen LogP contribution < -0.4 is 5.32 Å². The molecule has 0 fully saturated rings. The van der Waals surface area contributed by atoms with Gasteiger partial charge in [-0.15, -0.1) is 11.8 Å². The van der Waals surface area contributed by atoms with E-state index in [1.54, 1.807) is 24.0 Å². The van der Waals surface area contributed by atoms with E-state index in [2.05, 4.69) is 21.2 Å². The summed E-state index contributed by atoms with van der Waals surface area (Å²) in [5.41, 5.74) is 1.52. The highest BCUT2D eigenvalue weighted by molar-refractivity contribution is 9.10. The number of nitrogens with one attached hydrogen (secondary N) is 1. The molecule has 0 aliphatic carbocycles. The predicted octanol–water partition coefficient (Wildman–Crippen LogP) is 5.15. The zero-order chi connectivity index (χ0) is 22.3. The molecule has 2 aromatic rings. The SMILES string of the molecule is C[C@@H](C(=O)NC(C)(C)C)N(Cc1ccc(Br)cc1)C(=O)CSCc1ccc(F)cc1. The Kier molecular flexibility index (Phi) is 8.92. The van der Waals surface area contributed by atoms with E-state index in [1.165, 1.54) is 23.9 Å². The average molecular weight is 495 g/mol. The number of carbonyl (C=O) groups excluding carboxylic acids is 2. The smallest absolute Gasteiger partial charge is 0.242 e. The van der Waals surface area contributed by atoms with Crippen molar-refractivity contribution in [1.29, 1.82) is 0 Å². The molecule has 7 heteroatoms. The van der Waals surface area contributed by atoms with Crippen LogP contribution in [-0.2, 0) is 21.9 Å². The van der Waals surface area contributed by atoms with Crippen LogP contribution in [0.4, 0.5) is 4.39 Å². The normalized spacial score (nSPS) is 12.3. The molecule has 0 unspecified atom stereocenters. The Labute approximate surface area is 190 Å². The minimum Gasteiger partial charge on any atom is -0.350 e. The van der Waals surface area contributed by atoms with E-state index in [-0.39, 0.29) is 28.9 Å². The molecule has 0 saturated carbocycles. The number of nitrogens with zero attached hydrogens (tertiary/aromatic N) is 1. The fraction of sp³-hybridized carbons (Fsp3) is 0.391. The Morgan fingerprint density at radius 2 is 1.63 bits per heavy atom. The summed E-state index contributed by atoms with van der Waals surface area (Å²) in [4.78, 5) is 27.4. The van der Waals surface area contributed by atoms with Gasteiger partial charge < -0.3 is 10.2 Å². The van der Waals surface area contributed by atoms with Crippen LogP contribution in [-0.4, -0.2) is 34.0 Å². The van der Waals surface area contributed by atoms with Crippen LogP contribution in [0.15, 0.2) is 53.0 Å². The number of halogens is 2. The van der Waals surface area contributed by atoms with Crippen molar-refractivity contribution in [3.8, 4) is 0 Å². The van der Waals surface area contributed by atoms with E-state index in [1.807, 2.05) is 45.0 Å². The molecule has 2 amide bonds. The lowest BCUT2D eigenvalue weighted by Gasteiger charge is -2.31. The lowest BCUT2D eigenvalue weighted by atomic mass is 10.1. The summed E-state index contributed by atoms with van der Waals surface area (Å²) < 4.78 is 14.0. The van der Waals surface area contributed by atoms with Gasteiger partial charge in [-0.25, -0.2) is 4.39 Å². The second-order valence-corrected chi connectivity index (χ2v) is 10.1. The predicted molar refractivity (Wildman–Crippen MR) is 125 cm³/mol. The summed E-state index contributed by atoms with van der Waals surface area (Å²) in [6.07, 6.45) is 0. The van der Waals surface area contributed by atoms with Gasteiger partial charge >= 0.3 is 0 Å². The Morgan fingerprint density at radius 1 is 1.07 bits per heavy atom. The molecule has 2 aromatic carbocycles. The van der Waals surface area contributed by atoms with Gasteiger partial charge in [-0.05, 0) is 63.1 Å². The molecule has 1 N–H and O–H groups in total. The third kappa shape index (κ3) is 8.11. The van der Waals surface area contributed by atoms with Gasteiger partial charge in [0.05, 0.1) is 5.75 Å². The minimum absolute atomic E-state index is 0.110. The van der Waals surface area contributed by atoms with Gasteiger partial charge in [0.2, 0.25) is 11.8 Å². The molecule has 2 rings (SSSR count). The Balaban J connectivity index is 2.08. The quantitative estimate of drug-likeness (QED) is 0.551. The van der Waals surface area contributed by atoms with Crippen LogP contribution in [0.3, 0.4) is 0 Å². The van der Waals surface area contributed by atoms with Gasteiger partial charge in [-0.2, -0.15) is 0 Å². The van der Waals surface area contributed by atoms with Crippen LogP contribution in [0.5, 0.6) is 0 Å². The van der Waals surface area contributed by atoms with Gasteiger partial charge in [0.25, 0.3) is 0 Å². The largest absolute Gasteiger partial charge is 0.350 e. The summed E-state index contributed by atoms with van der Waals surface area (Å²) in [6.45, 7) is 7.84. The van der Waals surface area contributed by atoms with Gasteiger partial charge in [0.15, 0.2) is 0 Å². The average Bonchev–Trinajstić information content (AvgIpc) is 2.67. The first-order chi connectivity index (χ1) is 14.0. The first kappa shape index (κ1) is 24.4. The maximum absolute atomic E-state index is 13.0. The first-order valence-corrected chi connectivity index (χ1v) is 11.7. The van der Waals surface area contributed by atoms with Crippen molar-refractivity contribution in [2.75, 3.05) is 5.75 Å². The second kappa shape index (κ2) is 11.0. The molecule has 0 radical (unpaired) electrons. The van der Waals surface area contributed by atoms with Crippen molar-refractivity contribution in [3.63, 3.8) is 0 Å². The number of benzene rings is 2. The van der Waals surface area contributed by atoms with Gasteiger partial charge in [-0.3, -0.25) is 9.59 Å². The van der Waals surface area contributed by atoms with Crippen LogP contribution in [0.2, 0.25) is 0 Å². The van der Waals surface area contributed by atoms with Gasteiger partial charge in [0, 0.05) is 22.3 Å². The monoisotopic (exact) mass is 494 g/mol. The Bertz CT molecular complexity index is 851. The maximum Gasteiger partial charge on any atom is 0.242 e. The molecule has 30 heavy (non-hydrogen) atoms. The third-order valence-electron chi connectivity index (χ3n) is 4.34. The van der Waals surface area contributed by atoms with Crippen molar-refractivity contribution in [1.82, 2.24) is 10.2 Å². The number of thioether (sulfide) groups is 1. The van der Waals surface area contributed by atoms with Crippen molar-refractivity contribution in [2.24, 2.45) is 0 Å². The third-order valence-corrected chi connectivity index (χ3v) is 5.86. The molecule has 162 valence electrons. The summed E-state index contributed by atoms with van der Waals surface area (Å²) in [7, 11) is 0. The van der Waals surface area contributed by atoms with Gasteiger partial charge in [0.1, 0.15) is 11.9 Å². The van der Waals surface area contributed by atoms with Crippen molar-refractivity contribution in [2.45, 2.75) is 51.6 Å².